The molecule has 1 heterocycles. The van der Waals surface area contributed by atoms with Gasteiger partial charge in [0, 0.05) is 24.1 Å². The van der Waals surface area contributed by atoms with E-state index in [4.69, 9.17) is 48.0 Å². The number of aliphatic imine (C=N–C) groups is 1. The fourth-order valence-corrected chi connectivity index (χ4v) is 11.3. The average molecular weight is 1170 g/mol. The summed E-state index contributed by atoms with van der Waals surface area (Å²) in [6.07, 6.45) is 28.3. The molecule has 0 bridgehead atoms. The average Bonchev–Trinajstić information content (AvgIpc) is 4.03. The monoisotopic (exact) mass is 1170 g/mol. The lowest BCUT2D eigenvalue weighted by Crippen LogP contribution is -2.31. The van der Waals surface area contributed by atoms with Crippen LogP contribution >= 0.6 is 11.8 Å². The van der Waals surface area contributed by atoms with E-state index in [1.54, 1.807) is 65.4 Å². The lowest BCUT2D eigenvalue weighted by molar-refractivity contribution is -0.155. The highest BCUT2D eigenvalue weighted by Gasteiger charge is 2.35. The summed E-state index contributed by atoms with van der Waals surface area (Å²) in [6, 6.07) is 21.3. The Bertz CT molecular complexity index is 2940. The summed E-state index contributed by atoms with van der Waals surface area (Å²) in [7, 11) is 0. The Morgan fingerprint density at radius 1 is 0.583 bits per heavy atom. The lowest BCUT2D eigenvalue weighted by Gasteiger charge is -2.27. The van der Waals surface area contributed by atoms with E-state index in [-0.39, 0.29) is 40.6 Å². The first-order valence-electron chi connectivity index (χ1n) is 29.3. The van der Waals surface area contributed by atoms with Crippen LogP contribution in [0.1, 0.15) is 115 Å². The molecule has 17 nitrogen and oxygen atoms in total. The number of carbonyl (C=O) groups is 6. The van der Waals surface area contributed by atoms with Crippen molar-refractivity contribution >= 4 is 64.6 Å². The van der Waals surface area contributed by atoms with Crippen molar-refractivity contribution in [3.8, 4) is 23.0 Å². The summed E-state index contributed by atoms with van der Waals surface area (Å²) >= 11 is 1.59. The third-order valence-corrected chi connectivity index (χ3v) is 16.2. The van der Waals surface area contributed by atoms with Gasteiger partial charge in [0.15, 0.2) is 5.17 Å². The van der Waals surface area contributed by atoms with Crippen molar-refractivity contribution in [1.29, 1.82) is 0 Å². The van der Waals surface area contributed by atoms with E-state index in [1.807, 2.05) is 60.7 Å². The second-order valence-corrected chi connectivity index (χ2v) is 22.3. The van der Waals surface area contributed by atoms with Gasteiger partial charge in [0.1, 0.15) is 34.9 Å². The fraction of sp³-hybridized carbons (Fsp3) is 0.424. The molecule has 0 aromatic heterocycles. The smallest absolute Gasteiger partial charge is 0.330 e. The zero-order valence-corrected chi connectivity index (χ0v) is 48.3. The molecule has 0 saturated heterocycles. The Hall–Kier alpha value is -7.99. The summed E-state index contributed by atoms with van der Waals surface area (Å²) in [6.45, 7) is 8.62. The summed E-state index contributed by atoms with van der Waals surface area (Å²) in [5.41, 5.74) is 1.16. The van der Waals surface area contributed by atoms with E-state index < -0.39 is 47.7 Å². The SMILES string of the molecule is C=CC(=O)OCCCCCCOC1=CCC(OC(=O)[C@H]2CC[C@H](C(=O)Oc3ccc(OC(=O)[C@H]4CC[C@H](C(=O)Oc5ccc(OCCCCCCOC(=O)C=C)cc5)CC4)c(/C=N/N(C4=NC5C=CC=CC5S4)c4ccccc4)c3)CC2)C=C1. The molecule has 0 N–H and O–H groups in total. The summed E-state index contributed by atoms with van der Waals surface area (Å²) < 4.78 is 45.5. The van der Waals surface area contributed by atoms with Crippen molar-refractivity contribution in [1.82, 2.24) is 0 Å². The van der Waals surface area contributed by atoms with Crippen molar-refractivity contribution < 1.29 is 66.7 Å². The van der Waals surface area contributed by atoms with Gasteiger partial charge in [-0.1, -0.05) is 67.4 Å². The highest BCUT2D eigenvalue weighted by Crippen LogP contribution is 2.37. The summed E-state index contributed by atoms with van der Waals surface area (Å²) in [5.74, 6) is -1.74. The lowest BCUT2D eigenvalue weighted by atomic mass is 9.82. The van der Waals surface area contributed by atoms with Crippen LogP contribution in [0, 0.1) is 23.7 Å². The molecule has 444 valence electrons. The third-order valence-electron chi connectivity index (χ3n) is 15.0. The van der Waals surface area contributed by atoms with Gasteiger partial charge in [0.25, 0.3) is 0 Å². The number of amidine groups is 1. The number of anilines is 1. The second kappa shape index (κ2) is 32.7. The molecule has 2 saturated carbocycles. The number of rotatable bonds is 29. The quantitative estimate of drug-likeness (QED) is 0.0121. The first kappa shape index (κ1) is 62.1. The zero-order valence-electron chi connectivity index (χ0n) is 47.5. The number of fused-ring (bicyclic) bond motifs is 1. The number of hydrogen-bond acceptors (Lipinski definition) is 18. The van der Waals surface area contributed by atoms with Crippen molar-refractivity contribution in [3.05, 3.63) is 152 Å². The number of esters is 6. The first-order valence-corrected chi connectivity index (χ1v) is 30.2. The number of ether oxygens (including phenoxy) is 8. The molecule has 4 aliphatic carbocycles. The number of benzene rings is 3. The van der Waals surface area contributed by atoms with Crippen LogP contribution in [0.15, 0.2) is 156 Å². The van der Waals surface area contributed by atoms with Crippen LogP contribution in [0.4, 0.5) is 5.69 Å². The molecule has 84 heavy (non-hydrogen) atoms. The molecule has 18 heteroatoms. The minimum Gasteiger partial charge on any atom is -0.494 e. The topological polar surface area (TPSA) is 204 Å². The number of thioether (sulfide) groups is 1. The Morgan fingerprint density at radius 2 is 1.12 bits per heavy atom. The Balaban J connectivity index is 0.826. The molecule has 8 rings (SSSR count). The molecule has 0 amide bonds. The largest absolute Gasteiger partial charge is 0.494 e. The van der Waals surface area contributed by atoms with Crippen LogP contribution in [0.3, 0.4) is 0 Å². The van der Waals surface area contributed by atoms with Gasteiger partial charge in [-0.05, 0) is 176 Å². The van der Waals surface area contributed by atoms with Crippen LogP contribution in [0.25, 0.3) is 0 Å². The molecule has 3 unspecified atom stereocenters. The molecule has 1 aliphatic heterocycles. The molecular formula is C66H75N3O14S. The number of unbranched alkanes of at least 4 members (excludes halogenated alkanes) is 6. The molecule has 0 spiro atoms. The molecule has 3 aromatic carbocycles. The molecule has 3 atom stereocenters. The van der Waals surface area contributed by atoms with Gasteiger partial charge in [0.05, 0.1) is 73.3 Å². The van der Waals surface area contributed by atoms with E-state index in [0.29, 0.717) is 106 Å². The Labute approximate surface area is 495 Å². The van der Waals surface area contributed by atoms with Gasteiger partial charge in [-0.25, -0.2) is 14.6 Å². The van der Waals surface area contributed by atoms with Crippen LogP contribution in [-0.2, 0) is 47.7 Å². The van der Waals surface area contributed by atoms with Gasteiger partial charge in [0.2, 0.25) is 0 Å². The zero-order chi connectivity index (χ0) is 58.9. The number of para-hydroxylation sites is 1. The predicted molar refractivity (Wildman–Crippen MR) is 320 cm³/mol. The maximum atomic E-state index is 14.0. The van der Waals surface area contributed by atoms with E-state index >= 15 is 0 Å². The van der Waals surface area contributed by atoms with Crippen LogP contribution in [0.5, 0.6) is 23.0 Å². The van der Waals surface area contributed by atoms with Crippen LogP contribution in [-0.4, -0.2) is 91.0 Å². The number of hydrogen-bond donors (Lipinski definition) is 0. The number of hydrazone groups is 1. The second-order valence-electron chi connectivity index (χ2n) is 21.1. The highest BCUT2D eigenvalue weighted by molar-refractivity contribution is 8.15. The minimum absolute atomic E-state index is 0.0498. The normalized spacial score (nSPS) is 21.4. The molecule has 2 fully saturated rings. The summed E-state index contributed by atoms with van der Waals surface area (Å²) in [5, 5.41) is 7.47. The first-order chi connectivity index (χ1) is 41.0. The Kier molecular flexibility index (Phi) is 24.2. The van der Waals surface area contributed by atoms with Crippen LogP contribution < -0.4 is 24.0 Å². The van der Waals surface area contributed by atoms with Crippen molar-refractivity contribution in [3.63, 3.8) is 0 Å². The Morgan fingerprint density at radius 3 is 1.70 bits per heavy atom. The third kappa shape index (κ3) is 19.3. The van der Waals surface area contributed by atoms with Gasteiger partial charge in [-0.2, -0.15) is 5.10 Å². The number of allylic oxidation sites excluding steroid dienone is 3. The van der Waals surface area contributed by atoms with E-state index in [1.165, 1.54) is 0 Å². The molecule has 5 aliphatic rings. The number of carbonyl (C=O) groups excluding carboxylic acids is 6. The van der Waals surface area contributed by atoms with E-state index in [2.05, 4.69) is 25.3 Å². The van der Waals surface area contributed by atoms with Crippen molar-refractivity contribution in [2.45, 2.75) is 127 Å². The van der Waals surface area contributed by atoms with Gasteiger partial charge >= 0.3 is 35.8 Å². The maximum absolute atomic E-state index is 14.0. The molecule has 0 radical (unpaired) electrons. The minimum atomic E-state index is -0.477. The van der Waals surface area contributed by atoms with E-state index in [9.17, 15) is 28.8 Å². The van der Waals surface area contributed by atoms with Crippen molar-refractivity contribution in [2.24, 2.45) is 33.8 Å². The maximum Gasteiger partial charge on any atom is 0.330 e. The van der Waals surface area contributed by atoms with Gasteiger partial charge in [-0.15, -0.1) is 0 Å². The summed E-state index contributed by atoms with van der Waals surface area (Å²) in [4.78, 5) is 81.7. The van der Waals surface area contributed by atoms with Crippen molar-refractivity contribution in [2.75, 3.05) is 31.4 Å². The van der Waals surface area contributed by atoms with Crippen LogP contribution in [0.2, 0.25) is 0 Å². The van der Waals surface area contributed by atoms with Gasteiger partial charge in [-0.3, -0.25) is 24.2 Å². The van der Waals surface area contributed by atoms with Gasteiger partial charge < -0.3 is 37.9 Å². The van der Waals surface area contributed by atoms with E-state index in [0.717, 1.165) is 75.0 Å². The predicted octanol–water partition coefficient (Wildman–Crippen LogP) is 12.3. The fourth-order valence-electron chi connectivity index (χ4n) is 10.2. The standard InChI is InChI=1S/C66H75N3O14S/c1-3-60(70)78-42-16-7-5-14-40-76-52-30-34-54(35-31-52)80-62(72)46-22-24-48(25-23-46)64(74)82-56-38-39-58(50(44-56)45-67-69(51-18-10-9-11-19-51)66-68-57-20-12-13-21-59(57)84-66)83-65(75)49-28-26-47(27-29-49)63(73)81-55-36-32-53(33-37-55)77-41-15-6-8-17-43-79-61(71)4-2/h3-4,9-13,18-21,30-34,36-39,44-49,54,57,59H,1-2,5-8,14-17,22-29,35,40-43H2/b67-45+/t46-,47-,48-,49-,54?,57?,59?. The molecular weight excluding hydrogens is 1090 g/mol. The molecule has 3 aromatic rings. The highest BCUT2D eigenvalue weighted by atomic mass is 32.2. The number of nitrogens with zero attached hydrogens (tertiary/aromatic N) is 3.